The van der Waals surface area contributed by atoms with Crippen LogP contribution in [-0.2, 0) is 6.42 Å². The van der Waals surface area contributed by atoms with Crippen molar-refractivity contribution in [2.45, 2.75) is 57.8 Å². The van der Waals surface area contributed by atoms with E-state index in [1.54, 1.807) is 6.07 Å². The zero-order chi connectivity index (χ0) is 15.9. The zero-order valence-corrected chi connectivity index (χ0v) is 13.6. The summed E-state index contributed by atoms with van der Waals surface area (Å²) in [5.41, 5.74) is 1.71. The summed E-state index contributed by atoms with van der Waals surface area (Å²) in [6.45, 7) is 2.10. The van der Waals surface area contributed by atoms with Gasteiger partial charge in [-0.1, -0.05) is 31.9 Å². The molecular weight excluding hydrogens is 279 g/mol. The van der Waals surface area contributed by atoms with Gasteiger partial charge in [0.25, 0.3) is 0 Å². The summed E-state index contributed by atoms with van der Waals surface area (Å²) in [5.74, 6) is 0.868. The second kappa shape index (κ2) is 8.64. The highest BCUT2D eigenvalue weighted by atomic mass is 19.1. The van der Waals surface area contributed by atoms with Crippen molar-refractivity contribution in [1.29, 1.82) is 0 Å². The smallest absolute Gasteiger partial charge is 0.126 e. The van der Waals surface area contributed by atoms with E-state index in [1.165, 1.54) is 25.7 Å². The fourth-order valence-electron chi connectivity index (χ4n) is 3.72. The Morgan fingerprint density at radius 2 is 1.82 bits per heavy atom. The maximum atomic E-state index is 14.4. The van der Waals surface area contributed by atoms with Gasteiger partial charge < -0.3 is 10.2 Å². The molecule has 22 heavy (non-hydrogen) atoms. The Balaban J connectivity index is 1.98. The van der Waals surface area contributed by atoms with Crippen LogP contribution in [0, 0.1) is 17.7 Å². The fraction of sp³-hybridized carbons (Fsp3) is 0.684. The van der Waals surface area contributed by atoms with Crippen molar-refractivity contribution in [3.63, 3.8) is 0 Å². The second-order valence-electron chi connectivity index (χ2n) is 6.80. The molecule has 0 atom stereocenters. The molecule has 1 saturated carbocycles. The van der Waals surface area contributed by atoms with E-state index in [-0.39, 0.29) is 24.9 Å². The van der Waals surface area contributed by atoms with Gasteiger partial charge in [0, 0.05) is 19.1 Å². The third kappa shape index (κ3) is 4.53. The van der Waals surface area contributed by atoms with Gasteiger partial charge in [-0.3, -0.25) is 0 Å². The minimum atomic E-state index is -0.199. The Bertz CT molecular complexity index is 449. The van der Waals surface area contributed by atoms with E-state index >= 15 is 0 Å². The molecular formula is C19H29FO2. The summed E-state index contributed by atoms with van der Waals surface area (Å²) in [4.78, 5) is 0. The largest absolute Gasteiger partial charge is 0.396 e. The van der Waals surface area contributed by atoms with Crippen LogP contribution in [0.25, 0.3) is 0 Å². The average Bonchev–Trinajstić information content (AvgIpc) is 2.54. The lowest BCUT2D eigenvalue weighted by Crippen LogP contribution is -2.16. The molecule has 1 aliphatic rings. The molecule has 1 aliphatic carbocycles. The number of aliphatic hydroxyl groups is 2. The quantitative estimate of drug-likeness (QED) is 0.798. The minimum absolute atomic E-state index is 0.0681. The lowest BCUT2D eigenvalue weighted by Gasteiger charge is -2.29. The van der Waals surface area contributed by atoms with Crippen LogP contribution in [0.2, 0.25) is 0 Å². The molecule has 3 heteroatoms. The molecule has 124 valence electrons. The first-order valence-electron chi connectivity index (χ1n) is 8.67. The van der Waals surface area contributed by atoms with Gasteiger partial charge in [-0.15, -0.1) is 0 Å². The summed E-state index contributed by atoms with van der Waals surface area (Å²) >= 11 is 0. The highest BCUT2D eigenvalue weighted by Crippen LogP contribution is 2.38. The van der Waals surface area contributed by atoms with E-state index in [9.17, 15) is 4.39 Å². The SMILES string of the molecule is CCCC1CCC(c2ccc(CC(CO)CO)cc2F)CC1. The molecule has 1 fully saturated rings. The predicted molar refractivity (Wildman–Crippen MR) is 87.4 cm³/mol. The summed E-state index contributed by atoms with van der Waals surface area (Å²) in [5, 5.41) is 18.3. The molecule has 0 amide bonds. The molecule has 0 bridgehead atoms. The van der Waals surface area contributed by atoms with Gasteiger partial charge in [0.2, 0.25) is 0 Å². The molecule has 2 nitrogen and oxygen atoms in total. The van der Waals surface area contributed by atoms with Gasteiger partial charge in [-0.25, -0.2) is 4.39 Å². The summed E-state index contributed by atoms with van der Waals surface area (Å²) in [6, 6.07) is 5.46. The molecule has 0 unspecified atom stereocenters. The molecule has 1 aromatic rings. The third-order valence-corrected chi connectivity index (χ3v) is 5.09. The molecule has 0 aliphatic heterocycles. The van der Waals surface area contributed by atoms with Crippen LogP contribution in [0.5, 0.6) is 0 Å². The third-order valence-electron chi connectivity index (χ3n) is 5.09. The van der Waals surface area contributed by atoms with Crippen molar-refractivity contribution in [1.82, 2.24) is 0 Å². The molecule has 0 aromatic heterocycles. The van der Waals surface area contributed by atoms with Gasteiger partial charge in [0.15, 0.2) is 0 Å². The van der Waals surface area contributed by atoms with Crippen LogP contribution in [0.4, 0.5) is 4.39 Å². The Kier molecular flexibility index (Phi) is 6.84. The first kappa shape index (κ1) is 17.4. The van der Waals surface area contributed by atoms with Gasteiger partial charge in [-0.05, 0) is 61.1 Å². The van der Waals surface area contributed by atoms with Crippen LogP contribution in [-0.4, -0.2) is 23.4 Å². The van der Waals surface area contributed by atoms with Gasteiger partial charge >= 0.3 is 0 Å². The molecule has 0 spiro atoms. The number of halogens is 1. The average molecular weight is 308 g/mol. The number of aliphatic hydroxyl groups excluding tert-OH is 2. The fourth-order valence-corrected chi connectivity index (χ4v) is 3.72. The van der Waals surface area contributed by atoms with Crippen LogP contribution >= 0.6 is 0 Å². The highest BCUT2D eigenvalue weighted by molar-refractivity contribution is 5.28. The van der Waals surface area contributed by atoms with Gasteiger partial charge in [0.05, 0.1) is 0 Å². The van der Waals surface area contributed by atoms with E-state index in [0.29, 0.717) is 12.3 Å². The Morgan fingerprint density at radius 1 is 1.14 bits per heavy atom. The molecule has 1 aromatic carbocycles. The zero-order valence-electron chi connectivity index (χ0n) is 13.6. The van der Waals surface area contributed by atoms with Crippen molar-refractivity contribution < 1.29 is 14.6 Å². The first-order chi connectivity index (χ1) is 10.7. The lowest BCUT2D eigenvalue weighted by molar-refractivity contribution is 0.150. The van der Waals surface area contributed by atoms with E-state index in [0.717, 1.165) is 29.9 Å². The molecule has 0 saturated heterocycles. The number of hydrogen-bond acceptors (Lipinski definition) is 2. The number of hydrogen-bond donors (Lipinski definition) is 2. The van der Waals surface area contributed by atoms with Crippen LogP contribution < -0.4 is 0 Å². The maximum Gasteiger partial charge on any atom is 0.126 e. The van der Waals surface area contributed by atoms with Crippen LogP contribution in [0.3, 0.4) is 0 Å². The highest BCUT2D eigenvalue weighted by Gasteiger charge is 2.24. The van der Waals surface area contributed by atoms with Crippen molar-refractivity contribution >= 4 is 0 Å². The summed E-state index contributed by atoms with van der Waals surface area (Å²) in [6.07, 6.45) is 7.70. The van der Waals surface area contributed by atoms with Crippen molar-refractivity contribution in [2.24, 2.45) is 11.8 Å². The second-order valence-corrected chi connectivity index (χ2v) is 6.80. The van der Waals surface area contributed by atoms with Crippen molar-refractivity contribution in [3.8, 4) is 0 Å². The molecule has 2 rings (SSSR count). The predicted octanol–water partition coefficient (Wildman–Crippen LogP) is 4.04. The molecule has 0 heterocycles. The Hall–Kier alpha value is -0.930. The van der Waals surface area contributed by atoms with Gasteiger partial charge in [0.1, 0.15) is 5.82 Å². The number of rotatable bonds is 7. The van der Waals surface area contributed by atoms with Gasteiger partial charge in [-0.2, -0.15) is 0 Å². The normalized spacial score (nSPS) is 22.2. The Morgan fingerprint density at radius 3 is 2.36 bits per heavy atom. The monoisotopic (exact) mass is 308 g/mol. The first-order valence-corrected chi connectivity index (χ1v) is 8.67. The molecule has 0 radical (unpaired) electrons. The maximum absolute atomic E-state index is 14.4. The molecule has 2 N–H and O–H groups in total. The van der Waals surface area contributed by atoms with E-state index in [1.807, 2.05) is 12.1 Å². The van der Waals surface area contributed by atoms with Crippen LogP contribution in [0.15, 0.2) is 18.2 Å². The summed E-state index contributed by atoms with van der Waals surface area (Å²) in [7, 11) is 0. The Labute approximate surface area is 133 Å². The van der Waals surface area contributed by atoms with E-state index in [2.05, 4.69) is 6.92 Å². The number of benzene rings is 1. The van der Waals surface area contributed by atoms with Crippen molar-refractivity contribution in [3.05, 3.63) is 35.1 Å². The minimum Gasteiger partial charge on any atom is -0.396 e. The van der Waals surface area contributed by atoms with E-state index in [4.69, 9.17) is 10.2 Å². The van der Waals surface area contributed by atoms with Crippen molar-refractivity contribution in [2.75, 3.05) is 13.2 Å². The van der Waals surface area contributed by atoms with Crippen LogP contribution in [0.1, 0.15) is 62.5 Å². The topological polar surface area (TPSA) is 40.5 Å². The standard InChI is InChI=1S/C19H29FO2/c1-2-3-14-4-7-17(8-5-14)18-9-6-15(11-19(18)20)10-16(12-21)13-22/h6,9,11,14,16-17,21-22H,2-5,7-8,10,12-13H2,1H3. The summed E-state index contributed by atoms with van der Waals surface area (Å²) < 4.78 is 14.4. The lowest BCUT2D eigenvalue weighted by atomic mass is 9.77. The van der Waals surface area contributed by atoms with E-state index < -0.39 is 0 Å².